The smallest absolute Gasteiger partial charge is 0.127 e. The van der Waals surface area contributed by atoms with Crippen molar-refractivity contribution in [1.29, 1.82) is 0 Å². The third kappa shape index (κ3) is 10.4. The van der Waals surface area contributed by atoms with Gasteiger partial charge in [0, 0.05) is 0 Å². The summed E-state index contributed by atoms with van der Waals surface area (Å²) in [5, 5.41) is 18.0. The van der Waals surface area contributed by atoms with Crippen molar-refractivity contribution in [3.8, 4) is 11.5 Å². The lowest BCUT2D eigenvalue weighted by Crippen LogP contribution is -2.30. The predicted molar refractivity (Wildman–Crippen MR) is 152 cm³/mol. The molecule has 0 bridgehead atoms. The molecule has 2 rings (SSSR count). The van der Waals surface area contributed by atoms with Crippen molar-refractivity contribution in [1.82, 2.24) is 0 Å². The molecule has 0 fully saturated rings. The largest absolute Gasteiger partial charge is 0.457 e. The predicted octanol–water partition coefficient (Wildman–Crippen LogP) is 6.88. The first-order valence-corrected chi connectivity index (χ1v) is 13.5. The van der Waals surface area contributed by atoms with Crippen LogP contribution in [0.25, 0.3) is 0 Å². The summed E-state index contributed by atoms with van der Waals surface area (Å²) < 4.78 is 17.4. The maximum atomic E-state index is 8.98. The van der Waals surface area contributed by atoms with Crippen LogP contribution in [0.2, 0.25) is 0 Å². The van der Waals surface area contributed by atoms with E-state index in [2.05, 4.69) is 79.7 Å². The number of hydrogen-bond donors (Lipinski definition) is 2. The second-order valence-electron chi connectivity index (χ2n) is 13.2. The van der Waals surface area contributed by atoms with E-state index in [9.17, 15) is 0 Å². The van der Waals surface area contributed by atoms with E-state index in [-0.39, 0.29) is 34.9 Å². The Morgan fingerprint density at radius 2 is 0.865 bits per heavy atom. The van der Waals surface area contributed by atoms with Crippen LogP contribution in [0.15, 0.2) is 48.5 Å². The molecule has 5 nitrogen and oxygen atoms in total. The summed E-state index contributed by atoms with van der Waals surface area (Å²) in [4.78, 5) is 0. The average Bonchev–Trinajstić information content (AvgIpc) is 2.78. The number of ether oxygens (including phenoxy) is 3. The summed E-state index contributed by atoms with van der Waals surface area (Å²) in [6, 6.07) is 16.8. The normalized spacial score (nSPS) is 13.1. The zero-order chi connectivity index (χ0) is 27.7. The van der Waals surface area contributed by atoms with E-state index in [1.54, 1.807) is 0 Å². The molecular formula is C32H50O5. The molecule has 0 aliphatic rings. The standard InChI is InChI=1S/C32H50O5/c1-29(2,23-35-19-17-33)21-31(5,6)25-9-13-27(14-10-25)37-28-15-11-26(12-16-28)32(7,8)22-30(3,4)24-36-20-18-34/h9-16,33-34H,17-24H2,1-8H3. The van der Waals surface area contributed by atoms with Crippen molar-refractivity contribution in [3.05, 3.63) is 59.7 Å². The fourth-order valence-electron chi connectivity index (χ4n) is 5.61. The Bertz CT molecular complexity index is 849. The van der Waals surface area contributed by atoms with Gasteiger partial charge in [-0.2, -0.15) is 0 Å². The molecule has 208 valence electrons. The topological polar surface area (TPSA) is 68.2 Å². The lowest BCUT2D eigenvalue weighted by molar-refractivity contribution is 0.0280. The number of aliphatic hydroxyl groups excluding tert-OH is 2. The van der Waals surface area contributed by atoms with Gasteiger partial charge >= 0.3 is 0 Å². The molecule has 0 atom stereocenters. The highest BCUT2D eigenvalue weighted by Gasteiger charge is 2.31. The summed E-state index contributed by atoms with van der Waals surface area (Å²) in [5.74, 6) is 1.64. The van der Waals surface area contributed by atoms with Crippen LogP contribution >= 0.6 is 0 Å². The van der Waals surface area contributed by atoms with E-state index >= 15 is 0 Å². The first kappa shape index (κ1) is 31.3. The SMILES string of the molecule is CC(C)(COCCO)CC(C)(C)c1ccc(Oc2ccc(C(C)(C)CC(C)(C)COCCO)cc2)cc1. The van der Waals surface area contributed by atoms with E-state index in [0.717, 1.165) is 24.3 Å². The molecule has 2 aromatic rings. The van der Waals surface area contributed by atoms with Gasteiger partial charge in [0.15, 0.2) is 0 Å². The molecule has 0 spiro atoms. The lowest BCUT2D eigenvalue weighted by Gasteiger charge is -2.35. The third-order valence-electron chi connectivity index (χ3n) is 6.81. The van der Waals surface area contributed by atoms with E-state index in [0.29, 0.717) is 26.4 Å². The second-order valence-corrected chi connectivity index (χ2v) is 13.2. The molecule has 0 aromatic heterocycles. The van der Waals surface area contributed by atoms with Gasteiger partial charge in [-0.25, -0.2) is 0 Å². The molecule has 0 unspecified atom stereocenters. The third-order valence-corrected chi connectivity index (χ3v) is 6.81. The van der Waals surface area contributed by atoms with Crippen molar-refractivity contribution in [3.63, 3.8) is 0 Å². The maximum Gasteiger partial charge on any atom is 0.127 e. The zero-order valence-electron chi connectivity index (χ0n) is 24.4. The highest BCUT2D eigenvalue weighted by Crippen LogP contribution is 2.39. The van der Waals surface area contributed by atoms with Crippen LogP contribution in [-0.4, -0.2) is 49.9 Å². The van der Waals surface area contributed by atoms with Crippen LogP contribution < -0.4 is 4.74 Å². The van der Waals surface area contributed by atoms with Crippen LogP contribution in [0.3, 0.4) is 0 Å². The molecule has 2 aromatic carbocycles. The first-order valence-electron chi connectivity index (χ1n) is 13.5. The van der Waals surface area contributed by atoms with Gasteiger partial charge in [-0.3, -0.25) is 0 Å². The van der Waals surface area contributed by atoms with Crippen molar-refractivity contribution in [2.75, 3.05) is 39.6 Å². The summed E-state index contributed by atoms with van der Waals surface area (Å²) >= 11 is 0. The van der Waals surface area contributed by atoms with Crippen molar-refractivity contribution in [2.45, 2.75) is 79.1 Å². The molecule has 0 saturated heterocycles. The Balaban J connectivity index is 2.01. The summed E-state index contributed by atoms with van der Waals surface area (Å²) in [7, 11) is 0. The van der Waals surface area contributed by atoms with Crippen LogP contribution in [-0.2, 0) is 20.3 Å². The average molecular weight is 515 g/mol. The summed E-state index contributed by atoms with van der Waals surface area (Å²) in [6.45, 7) is 20.0. The van der Waals surface area contributed by atoms with E-state index in [1.807, 2.05) is 24.3 Å². The molecule has 0 heterocycles. The van der Waals surface area contributed by atoms with Gasteiger partial charge in [0.1, 0.15) is 11.5 Å². The number of hydrogen-bond acceptors (Lipinski definition) is 5. The molecule has 5 heteroatoms. The van der Waals surface area contributed by atoms with Crippen molar-refractivity contribution < 1.29 is 24.4 Å². The highest BCUT2D eigenvalue weighted by molar-refractivity contribution is 5.37. The highest BCUT2D eigenvalue weighted by atomic mass is 16.5. The Hall–Kier alpha value is -1.92. The Kier molecular flexibility index (Phi) is 11.2. The van der Waals surface area contributed by atoms with E-state index in [1.165, 1.54) is 11.1 Å². The van der Waals surface area contributed by atoms with Crippen LogP contribution in [0.5, 0.6) is 11.5 Å². The Morgan fingerprint density at radius 1 is 0.541 bits per heavy atom. The minimum absolute atomic E-state index is 0.00499. The van der Waals surface area contributed by atoms with Crippen molar-refractivity contribution >= 4 is 0 Å². The zero-order valence-corrected chi connectivity index (χ0v) is 24.4. The fraction of sp³-hybridized carbons (Fsp3) is 0.625. The van der Waals surface area contributed by atoms with Gasteiger partial charge in [0.2, 0.25) is 0 Å². The van der Waals surface area contributed by atoms with E-state index in [4.69, 9.17) is 24.4 Å². The van der Waals surface area contributed by atoms with Crippen LogP contribution in [0.1, 0.15) is 79.4 Å². The second kappa shape index (κ2) is 13.2. The quantitative estimate of drug-likeness (QED) is 0.239. The molecule has 0 aliphatic carbocycles. The monoisotopic (exact) mass is 514 g/mol. The molecule has 0 amide bonds. The van der Waals surface area contributed by atoms with Gasteiger partial charge in [-0.05, 0) is 69.9 Å². The number of aliphatic hydroxyl groups is 2. The molecule has 2 N–H and O–H groups in total. The lowest BCUT2D eigenvalue weighted by atomic mass is 9.72. The molecule has 0 aliphatic heterocycles. The Morgan fingerprint density at radius 3 is 1.16 bits per heavy atom. The molecular weight excluding hydrogens is 464 g/mol. The van der Waals surface area contributed by atoms with Crippen LogP contribution in [0.4, 0.5) is 0 Å². The molecule has 0 radical (unpaired) electrons. The Labute approximate surface area is 225 Å². The first-order chi connectivity index (χ1) is 17.2. The summed E-state index contributed by atoms with van der Waals surface area (Å²) in [5.41, 5.74) is 2.50. The molecule has 0 saturated carbocycles. The minimum Gasteiger partial charge on any atom is -0.457 e. The molecule has 37 heavy (non-hydrogen) atoms. The van der Waals surface area contributed by atoms with Gasteiger partial charge in [-0.15, -0.1) is 0 Å². The van der Waals surface area contributed by atoms with Gasteiger partial charge in [0.05, 0.1) is 39.6 Å². The maximum absolute atomic E-state index is 8.98. The fourth-order valence-corrected chi connectivity index (χ4v) is 5.61. The van der Waals surface area contributed by atoms with Crippen LogP contribution in [0, 0.1) is 10.8 Å². The van der Waals surface area contributed by atoms with Gasteiger partial charge in [0.25, 0.3) is 0 Å². The van der Waals surface area contributed by atoms with Crippen molar-refractivity contribution in [2.24, 2.45) is 10.8 Å². The van der Waals surface area contributed by atoms with Gasteiger partial charge < -0.3 is 24.4 Å². The van der Waals surface area contributed by atoms with E-state index < -0.39 is 0 Å². The number of rotatable bonds is 16. The summed E-state index contributed by atoms with van der Waals surface area (Å²) in [6.07, 6.45) is 1.93. The van der Waals surface area contributed by atoms with Gasteiger partial charge in [-0.1, -0.05) is 79.7 Å². The minimum atomic E-state index is -0.0191. The number of benzene rings is 2.